The Morgan fingerprint density at radius 2 is 1.72 bits per heavy atom. The largest absolute Gasteiger partial charge is 0.385 e. The van der Waals surface area contributed by atoms with E-state index in [1.165, 1.54) is 5.56 Å². The van der Waals surface area contributed by atoms with E-state index < -0.39 is 29.7 Å². The molecule has 1 unspecified atom stereocenters. The van der Waals surface area contributed by atoms with Gasteiger partial charge in [-0.15, -0.1) is 0 Å². The molecule has 4 aromatic rings. The number of imide groups is 2. The topological polar surface area (TPSA) is 151 Å². The summed E-state index contributed by atoms with van der Waals surface area (Å²) in [5.74, 6) is -1.49. The van der Waals surface area contributed by atoms with Crippen LogP contribution in [0, 0.1) is 0 Å². The number of para-hydroxylation sites is 1. The maximum atomic E-state index is 13.1. The van der Waals surface area contributed by atoms with Gasteiger partial charge in [-0.3, -0.25) is 39.1 Å². The lowest BCUT2D eigenvalue weighted by Gasteiger charge is -2.27. The molecule has 3 aliphatic rings. The van der Waals surface area contributed by atoms with Crippen molar-refractivity contribution in [2.24, 2.45) is 0 Å². The number of carbonyl (C=O) groups excluding carboxylic acids is 4. The van der Waals surface area contributed by atoms with Crippen molar-refractivity contribution in [2.45, 2.75) is 69.9 Å². The van der Waals surface area contributed by atoms with Crippen LogP contribution in [-0.2, 0) is 16.1 Å². The lowest BCUT2D eigenvalue weighted by molar-refractivity contribution is -0.136. The van der Waals surface area contributed by atoms with Crippen molar-refractivity contribution in [3.05, 3.63) is 71.7 Å². The van der Waals surface area contributed by atoms with E-state index in [1.54, 1.807) is 18.2 Å². The highest BCUT2D eigenvalue weighted by atomic mass is 16.2. The van der Waals surface area contributed by atoms with Gasteiger partial charge in [0, 0.05) is 37.0 Å². The number of unbranched alkanes of at least 4 members (excludes halogenated alkanes) is 3. The van der Waals surface area contributed by atoms with E-state index in [-0.39, 0.29) is 24.0 Å². The molecule has 2 aromatic heterocycles. The van der Waals surface area contributed by atoms with Gasteiger partial charge in [-0.25, -0.2) is 4.98 Å². The fourth-order valence-corrected chi connectivity index (χ4v) is 6.84. The first-order chi connectivity index (χ1) is 23.0. The van der Waals surface area contributed by atoms with E-state index in [4.69, 9.17) is 9.97 Å². The predicted octanol–water partition coefficient (Wildman–Crippen LogP) is 4.03. The van der Waals surface area contributed by atoms with E-state index in [0.29, 0.717) is 5.92 Å². The Hall–Kier alpha value is -4.97. The third-order valence-corrected chi connectivity index (χ3v) is 9.39. The Morgan fingerprint density at radius 1 is 0.894 bits per heavy atom. The van der Waals surface area contributed by atoms with E-state index in [9.17, 15) is 19.2 Å². The van der Waals surface area contributed by atoms with E-state index >= 15 is 0 Å². The molecule has 0 radical (unpaired) electrons. The Labute approximate surface area is 272 Å². The zero-order chi connectivity index (χ0) is 32.3. The summed E-state index contributed by atoms with van der Waals surface area (Å²) < 4.78 is 1.97. The molecule has 4 amide bonds. The molecule has 2 fully saturated rings. The van der Waals surface area contributed by atoms with Gasteiger partial charge in [0.2, 0.25) is 11.8 Å². The first-order valence-corrected chi connectivity index (χ1v) is 16.5. The second kappa shape index (κ2) is 13.4. The second-order valence-electron chi connectivity index (χ2n) is 12.5. The number of aryl methyl sites for hydroxylation is 1. The number of nitrogens with one attached hydrogen (secondary N) is 3. The van der Waals surface area contributed by atoms with Crippen molar-refractivity contribution in [2.75, 3.05) is 25.0 Å². The molecule has 242 valence electrons. The minimum absolute atomic E-state index is 0.0969. The number of rotatable bonds is 11. The number of fused-ring (bicyclic) bond motifs is 2. The van der Waals surface area contributed by atoms with Gasteiger partial charge < -0.3 is 10.6 Å². The van der Waals surface area contributed by atoms with Crippen molar-refractivity contribution < 1.29 is 19.2 Å². The van der Waals surface area contributed by atoms with Crippen LogP contribution < -0.4 is 16.0 Å². The average molecular weight is 635 g/mol. The lowest BCUT2D eigenvalue weighted by atomic mass is 9.89. The van der Waals surface area contributed by atoms with Crippen LogP contribution in [0.1, 0.15) is 83.6 Å². The highest BCUT2D eigenvalue weighted by Gasteiger charge is 2.44. The number of benzene rings is 2. The first-order valence-electron chi connectivity index (χ1n) is 16.5. The molecule has 0 saturated carbocycles. The number of hydrogen-bond donors (Lipinski definition) is 3. The summed E-state index contributed by atoms with van der Waals surface area (Å²) >= 11 is 0. The van der Waals surface area contributed by atoms with Crippen LogP contribution in [0.4, 0.5) is 5.69 Å². The number of carbonyl (C=O) groups is 4. The molecular formula is C35H38N8O4. The number of nitrogens with zero attached hydrogens (tertiary/aromatic N) is 5. The van der Waals surface area contributed by atoms with Crippen molar-refractivity contribution in [1.29, 1.82) is 0 Å². The third kappa shape index (κ3) is 6.37. The summed E-state index contributed by atoms with van der Waals surface area (Å²) in [6, 6.07) is 10.4. The summed E-state index contributed by atoms with van der Waals surface area (Å²) in [5.41, 5.74) is 6.34. The van der Waals surface area contributed by atoms with Gasteiger partial charge in [0.1, 0.15) is 6.04 Å². The van der Waals surface area contributed by atoms with E-state index in [0.717, 1.165) is 97.6 Å². The van der Waals surface area contributed by atoms with Gasteiger partial charge in [0.25, 0.3) is 11.8 Å². The fourth-order valence-electron chi connectivity index (χ4n) is 6.84. The smallest absolute Gasteiger partial charge is 0.262 e. The number of hydrogen-bond acceptors (Lipinski definition) is 9. The third-order valence-electron chi connectivity index (χ3n) is 9.39. The van der Waals surface area contributed by atoms with Gasteiger partial charge in [-0.05, 0) is 80.9 Å². The van der Waals surface area contributed by atoms with Crippen LogP contribution in [0.15, 0.2) is 55.0 Å². The SMILES string of the molecule is O=C1CCC(N2C(=O)c3ccc(NCCCCCCn4cc(-c5cnc6cccc(C7CCNCC7)c6n5)cn4)cc3C2=O)C(=O)N1. The molecule has 47 heavy (non-hydrogen) atoms. The highest BCUT2D eigenvalue weighted by molar-refractivity contribution is 6.23. The number of anilines is 1. The molecule has 0 bridgehead atoms. The monoisotopic (exact) mass is 634 g/mol. The van der Waals surface area contributed by atoms with Crippen LogP contribution in [0.25, 0.3) is 22.3 Å². The van der Waals surface area contributed by atoms with Gasteiger partial charge in [-0.2, -0.15) is 5.10 Å². The maximum Gasteiger partial charge on any atom is 0.262 e. The van der Waals surface area contributed by atoms with Gasteiger partial charge in [0.15, 0.2) is 0 Å². The van der Waals surface area contributed by atoms with Crippen molar-refractivity contribution >= 4 is 40.3 Å². The van der Waals surface area contributed by atoms with E-state index in [2.05, 4.69) is 33.2 Å². The summed E-state index contributed by atoms with van der Waals surface area (Å²) in [7, 11) is 0. The summed E-state index contributed by atoms with van der Waals surface area (Å²) in [4.78, 5) is 60.5. The lowest BCUT2D eigenvalue weighted by Crippen LogP contribution is -2.54. The number of aromatic nitrogens is 4. The van der Waals surface area contributed by atoms with Crippen LogP contribution >= 0.6 is 0 Å². The Bertz CT molecular complexity index is 1850. The standard InChI is InChI=1S/C35H38N8O4/c44-31-11-10-30(33(45)41-31)43-34(46)26-9-8-24(18-27(26)35(43)47)37-14-3-1-2-4-17-42-21-23(19-39-42)29-20-38-28-7-5-6-25(32(28)40-29)22-12-15-36-16-13-22/h5-9,18-22,30,36-37H,1-4,10-17H2,(H,41,44,45). The predicted molar refractivity (Wildman–Crippen MR) is 176 cm³/mol. The summed E-state index contributed by atoms with van der Waals surface area (Å²) in [5, 5.41) is 13.6. The first kappa shape index (κ1) is 30.7. The minimum Gasteiger partial charge on any atom is -0.385 e. The van der Waals surface area contributed by atoms with E-state index in [1.807, 2.05) is 29.3 Å². The molecule has 3 aliphatic heterocycles. The highest BCUT2D eigenvalue weighted by Crippen LogP contribution is 2.32. The zero-order valence-corrected chi connectivity index (χ0v) is 26.2. The van der Waals surface area contributed by atoms with Crippen LogP contribution in [0.2, 0.25) is 0 Å². The normalized spacial score (nSPS) is 18.6. The molecular weight excluding hydrogens is 596 g/mol. The maximum absolute atomic E-state index is 13.1. The summed E-state index contributed by atoms with van der Waals surface area (Å²) in [6.07, 6.45) is 12.2. The van der Waals surface area contributed by atoms with Crippen molar-refractivity contribution in [3.8, 4) is 11.3 Å². The molecule has 3 N–H and O–H groups in total. The van der Waals surface area contributed by atoms with Crippen molar-refractivity contribution in [1.82, 2.24) is 35.3 Å². The molecule has 1 atom stereocenters. The minimum atomic E-state index is -0.963. The molecule has 12 nitrogen and oxygen atoms in total. The fraction of sp³-hybridized carbons (Fsp3) is 0.400. The van der Waals surface area contributed by atoms with Crippen LogP contribution in [-0.4, -0.2) is 74.0 Å². The Kier molecular flexibility index (Phi) is 8.75. The zero-order valence-electron chi connectivity index (χ0n) is 26.2. The average Bonchev–Trinajstić information content (AvgIpc) is 3.66. The van der Waals surface area contributed by atoms with Crippen LogP contribution in [0.3, 0.4) is 0 Å². The van der Waals surface area contributed by atoms with Gasteiger partial charge >= 0.3 is 0 Å². The van der Waals surface area contributed by atoms with Crippen LogP contribution in [0.5, 0.6) is 0 Å². The molecule has 7 rings (SSSR count). The number of piperidine rings is 2. The number of amides is 4. The molecule has 2 saturated heterocycles. The molecule has 0 aliphatic carbocycles. The van der Waals surface area contributed by atoms with Crippen molar-refractivity contribution in [3.63, 3.8) is 0 Å². The molecule has 5 heterocycles. The van der Waals surface area contributed by atoms with Gasteiger partial charge in [-0.1, -0.05) is 25.0 Å². The Balaban J connectivity index is 0.872. The molecule has 2 aromatic carbocycles. The Morgan fingerprint density at radius 3 is 2.57 bits per heavy atom. The summed E-state index contributed by atoms with van der Waals surface area (Å²) in [6.45, 7) is 3.61. The van der Waals surface area contributed by atoms with Gasteiger partial charge in [0.05, 0.1) is 40.2 Å². The quantitative estimate of drug-likeness (QED) is 0.164. The molecule has 0 spiro atoms. The molecule has 12 heteroatoms. The second-order valence-corrected chi connectivity index (χ2v) is 12.5.